The second-order valence-electron chi connectivity index (χ2n) is 8.20. The monoisotopic (exact) mass is 456 g/mol. The van der Waals surface area contributed by atoms with Crippen LogP contribution in [0.1, 0.15) is 36.8 Å². The molecule has 3 N–H and O–H groups in total. The zero-order valence-electron chi connectivity index (χ0n) is 18.3. The van der Waals surface area contributed by atoms with Gasteiger partial charge in [-0.2, -0.15) is 0 Å². The Morgan fingerprint density at radius 3 is 2.50 bits per heavy atom. The van der Waals surface area contributed by atoms with Gasteiger partial charge in [-0.05, 0) is 56.7 Å². The molecule has 0 bridgehead atoms. The number of amides is 2. The molecule has 0 fully saturated rings. The van der Waals surface area contributed by atoms with Gasteiger partial charge in [0.05, 0.1) is 17.8 Å². The molecule has 168 valence electrons. The number of primary amides is 1. The Balaban J connectivity index is 1.79. The number of ether oxygens (including phenoxy) is 1. The average Bonchev–Trinajstić information content (AvgIpc) is 3.11. The molecule has 3 rings (SSSR count). The van der Waals surface area contributed by atoms with Crippen LogP contribution < -0.4 is 11.1 Å². The zero-order chi connectivity index (χ0) is 23.5. The number of pyridine rings is 1. The van der Waals surface area contributed by atoms with E-state index in [2.05, 4.69) is 10.3 Å². The predicted octanol–water partition coefficient (Wildman–Crippen LogP) is 5.16. The molecule has 0 spiro atoms. The fourth-order valence-corrected chi connectivity index (χ4v) is 3.90. The van der Waals surface area contributed by atoms with Crippen LogP contribution in [0.5, 0.6) is 0 Å². The molecule has 0 unspecified atom stereocenters. The molecule has 0 radical (unpaired) electrons. The van der Waals surface area contributed by atoms with Crippen LogP contribution in [-0.4, -0.2) is 34.5 Å². The summed E-state index contributed by atoms with van der Waals surface area (Å²) in [7, 11) is 1.63. The van der Waals surface area contributed by atoms with Crippen LogP contribution in [0.15, 0.2) is 48.5 Å². The number of hydrogen-bond donors (Lipinski definition) is 2. The average molecular weight is 457 g/mol. The summed E-state index contributed by atoms with van der Waals surface area (Å²) >= 11 is 1.31. The van der Waals surface area contributed by atoms with Crippen molar-refractivity contribution in [3.8, 4) is 10.4 Å². The second kappa shape index (κ2) is 9.35. The number of carbonyl (C=O) groups excluding carboxylic acids is 2. The Morgan fingerprint density at radius 2 is 1.88 bits per heavy atom. The molecule has 2 amide bonds. The highest BCUT2D eigenvalue weighted by Crippen LogP contribution is 2.36. The number of aromatic nitrogens is 1. The maximum atomic E-state index is 13.2. The number of nitrogens with zero attached hydrogens (tertiary/aromatic N) is 2. The molecular weight excluding hydrogens is 431 g/mol. The van der Waals surface area contributed by atoms with Crippen molar-refractivity contribution in [3.05, 3.63) is 65.6 Å². The molecule has 7 nitrogen and oxygen atoms in total. The number of carbonyl (C=O) groups is 2. The fourth-order valence-electron chi connectivity index (χ4n) is 2.82. The molecule has 32 heavy (non-hydrogen) atoms. The van der Waals surface area contributed by atoms with Crippen molar-refractivity contribution in [1.29, 1.82) is 0 Å². The summed E-state index contributed by atoms with van der Waals surface area (Å²) in [5, 5.41) is 3.66. The molecule has 0 aliphatic heterocycles. The quantitative estimate of drug-likeness (QED) is 0.534. The van der Waals surface area contributed by atoms with Crippen LogP contribution in [0.3, 0.4) is 0 Å². The van der Waals surface area contributed by atoms with Gasteiger partial charge >= 0.3 is 6.09 Å². The third kappa shape index (κ3) is 6.04. The van der Waals surface area contributed by atoms with Crippen molar-refractivity contribution in [3.63, 3.8) is 0 Å². The van der Waals surface area contributed by atoms with Crippen molar-refractivity contribution in [2.24, 2.45) is 5.73 Å². The first-order valence-electron chi connectivity index (χ1n) is 9.88. The Labute approximate surface area is 190 Å². The van der Waals surface area contributed by atoms with Crippen LogP contribution in [0.25, 0.3) is 10.4 Å². The van der Waals surface area contributed by atoms with Gasteiger partial charge in [0.15, 0.2) is 0 Å². The van der Waals surface area contributed by atoms with Crippen LogP contribution in [0.2, 0.25) is 0 Å². The lowest BCUT2D eigenvalue weighted by Crippen LogP contribution is -2.34. The Kier molecular flexibility index (Phi) is 6.78. The lowest BCUT2D eigenvalue weighted by Gasteiger charge is -2.24. The highest BCUT2D eigenvalue weighted by atomic mass is 32.1. The van der Waals surface area contributed by atoms with Gasteiger partial charge in [0.2, 0.25) is 0 Å². The van der Waals surface area contributed by atoms with E-state index in [0.717, 1.165) is 10.4 Å². The van der Waals surface area contributed by atoms with E-state index in [9.17, 15) is 14.0 Å². The molecule has 0 aliphatic carbocycles. The van der Waals surface area contributed by atoms with E-state index in [1.165, 1.54) is 28.4 Å². The molecule has 9 heteroatoms. The molecule has 0 saturated heterocycles. The number of nitrogens with two attached hydrogens (primary N) is 1. The number of thiophene rings is 1. The maximum absolute atomic E-state index is 13.2. The zero-order valence-corrected chi connectivity index (χ0v) is 19.1. The van der Waals surface area contributed by atoms with Crippen molar-refractivity contribution >= 4 is 34.2 Å². The third-order valence-corrected chi connectivity index (χ3v) is 5.38. The fraction of sp³-hybridized carbons (Fsp3) is 0.261. The highest BCUT2D eigenvalue weighted by Gasteiger charge is 2.20. The Morgan fingerprint density at radius 1 is 1.19 bits per heavy atom. The second-order valence-corrected chi connectivity index (χ2v) is 9.25. The number of anilines is 2. The van der Waals surface area contributed by atoms with Crippen LogP contribution >= 0.6 is 11.3 Å². The maximum Gasteiger partial charge on any atom is 0.410 e. The van der Waals surface area contributed by atoms with Gasteiger partial charge in [-0.15, -0.1) is 11.3 Å². The van der Waals surface area contributed by atoms with Crippen LogP contribution in [0, 0.1) is 5.82 Å². The molecule has 0 aliphatic rings. The minimum atomic E-state index is -0.589. The van der Waals surface area contributed by atoms with Gasteiger partial charge < -0.3 is 20.7 Å². The van der Waals surface area contributed by atoms with Crippen molar-refractivity contribution in [2.45, 2.75) is 32.9 Å². The molecular formula is C23H25FN4O3S. The minimum absolute atomic E-state index is 0.248. The van der Waals surface area contributed by atoms with E-state index in [0.29, 0.717) is 22.1 Å². The van der Waals surface area contributed by atoms with E-state index < -0.39 is 17.6 Å². The summed E-state index contributed by atoms with van der Waals surface area (Å²) in [4.78, 5) is 30.9. The summed E-state index contributed by atoms with van der Waals surface area (Å²) in [6.45, 7) is 5.66. The van der Waals surface area contributed by atoms with Gasteiger partial charge in [0.25, 0.3) is 5.91 Å². The summed E-state index contributed by atoms with van der Waals surface area (Å²) in [6, 6.07) is 13.0. The van der Waals surface area contributed by atoms with E-state index in [1.54, 1.807) is 64.2 Å². The number of benzene rings is 1. The largest absolute Gasteiger partial charge is 0.444 e. The highest BCUT2D eigenvalue weighted by molar-refractivity contribution is 7.19. The predicted molar refractivity (Wildman–Crippen MR) is 123 cm³/mol. The van der Waals surface area contributed by atoms with Crippen molar-refractivity contribution in [1.82, 2.24) is 9.88 Å². The first-order chi connectivity index (χ1) is 15.0. The normalized spacial score (nSPS) is 11.2. The number of hydrogen-bond acceptors (Lipinski definition) is 6. The third-order valence-electron chi connectivity index (χ3n) is 4.28. The summed E-state index contributed by atoms with van der Waals surface area (Å²) in [5.41, 5.74) is 6.69. The molecule has 0 saturated carbocycles. The lowest BCUT2D eigenvalue weighted by atomic mass is 10.1. The molecule has 0 atom stereocenters. The number of nitrogens with one attached hydrogen (secondary N) is 1. The van der Waals surface area contributed by atoms with Gasteiger partial charge in [-0.25, -0.2) is 14.2 Å². The van der Waals surface area contributed by atoms with Gasteiger partial charge in [-0.1, -0.05) is 18.2 Å². The lowest BCUT2D eigenvalue weighted by molar-refractivity contribution is 0.0283. The Hall–Kier alpha value is -3.46. The molecule has 1 aromatic carbocycles. The SMILES string of the molecule is CN(Cc1cccc(Nc2sc(-c3ccc(F)cc3)cc2C(N)=O)n1)C(=O)OC(C)(C)C. The molecule has 2 aromatic heterocycles. The van der Waals surface area contributed by atoms with Crippen LogP contribution in [-0.2, 0) is 11.3 Å². The first kappa shape index (κ1) is 23.2. The minimum Gasteiger partial charge on any atom is -0.444 e. The smallest absolute Gasteiger partial charge is 0.410 e. The summed E-state index contributed by atoms with van der Waals surface area (Å²) in [5.74, 6) is -0.427. The number of rotatable bonds is 6. The van der Waals surface area contributed by atoms with Crippen molar-refractivity contribution < 1.29 is 18.7 Å². The topological polar surface area (TPSA) is 97.5 Å². The van der Waals surface area contributed by atoms with E-state index >= 15 is 0 Å². The summed E-state index contributed by atoms with van der Waals surface area (Å²) in [6.07, 6.45) is -0.448. The van der Waals surface area contributed by atoms with Gasteiger partial charge in [0, 0.05) is 11.9 Å². The van der Waals surface area contributed by atoms with Crippen LogP contribution in [0.4, 0.5) is 20.0 Å². The standard InChI is InChI=1S/C23H25FN4O3S/c1-23(2,3)31-22(30)28(4)13-16-6-5-7-19(26-16)27-21-17(20(25)29)12-18(32-21)14-8-10-15(24)11-9-14/h5-12H,13H2,1-4H3,(H2,25,29)(H,26,27). The molecule has 3 aromatic rings. The van der Waals surface area contributed by atoms with E-state index in [4.69, 9.17) is 10.5 Å². The Bertz CT molecular complexity index is 1120. The van der Waals surface area contributed by atoms with Gasteiger partial charge in [0.1, 0.15) is 22.2 Å². The van der Waals surface area contributed by atoms with E-state index in [1.807, 2.05) is 0 Å². The molecule has 2 heterocycles. The van der Waals surface area contributed by atoms with Gasteiger partial charge in [-0.3, -0.25) is 4.79 Å². The van der Waals surface area contributed by atoms with Crippen molar-refractivity contribution in [2.75, 3.05) is 12.4 Å². The number of halogens is 1. The van der Waals surface area contributed by atoms with E-state index in [-0.39, 0.29) is 12.4 Å². The first-order valence-corrected chi connectivity index (χ1v) is 10.7. The summed E-state index contributed by atoms with van der Waals surface area (Å²) < 4.78 is 18.6.